The molecule has 0 fully saturated rings. The van der Waals surface area contributed by atoms with Gasteiger partial charge in [0.15, 0.2) is 0 Å². The van der Waals surface area contributed by atoms with Crippen LogP contribution in [0.5, 0.6) is 0 Å². The fraction of sp³-hybridized carbons (Fsp3) is 0.500. The van der Waals surface area contributed by atoms with Gasteiger partial charge in [0.2, 0.25) is 0 Å². The highest BCUT2D eigenvalue weighted by atomic mass is 32.1. The number of carbonyl (C=O) groups is 1. The predicted octanol–water partition coefficient (Wildman–Crippen LogP) is -0.342. The van der Waals surface area contributed by atoms with Gasteiger partial charge in [0, 0.05) is 13.1 Å². The highest BCUT2D eigenvalue weighted by Gasteiger charge is 1.87. The minimum Gasteiger partial charge on any atom is -0.480 e. The van der Waals surface area contributed by atoms with Crippen molar-refractivity contribution in [2.45, 2.75) is 0 Å². The quantitative estimate of drug-likeness (QED) is 0.240. The van der Waals surface area contributed by atoms with Crippen LogP contribution in [-0.2, 0) is 4.79 Å². The third kappa shape index (κ3) is 24.9. The molecular weight excluding hydrogens is 276 g/mol. The van der Waals surface area contributed by atoms with Crippen LogP contribution in [-0.4, -0.2) is 44.5 Å². The van der Waals surface area contributed by atoms with Gasteiger partial charge in [-0.15, -0.1) is 25.3 Å². The lowest BCUT2D eigenvalue weighted by Gasteiger charge is -2.03. The molecule has 4 N–H and O–H groups in total. The largest absolute Gasteiger partial charge is 0.480 e. The molecule has 0 aromatic carbocycles. The summed E-state index contributed by atoms with van der Waals surface area (Å²) in [5, 5.41) is 20.7. The van der Waals surface area contributed by atoms with E-state index < -0.39 is 12.6 Å². The first-order chi connectivity index (χ1) is 6.90. The second-order valence-electron chi connectivity index (χ2n) is 2.02. The normalized spacial score (nSPS) is 8.20. The van der Waals surface area contributed by atoms with Crippen molar-refractivity contribution >= 4 is 64.3 Å². The Hall–Kier alpha value is -0.0900. The Balaban J connectivity index is 0. The molecule has 0 amide bonds. The first-order valence-corrected chi connectivity index (χ1v) is 5.37. The summed E-state index contributed by atoms with van der Waals surface area (Å²) in [5.74, 6) is -1.19. The number of hydrogen-bond donors (Lipinski definition) is 6. The van der Waals surface area contributed by atoms with Gasteiger partial charge in [-0.25, -0.2) is 4.79 Å². The number of aliphatic carboxylic acids is 1. The Morgan fingerprint density at radius 1 is 1.13 bits per heavy atom. The molecule has 88 valence electrons. The van der Waals surface area contributed by atoms with E-state index in [-0.39, 0.29) is 0 Å². The summed E-state index contributed by atoms with van der Waals surface area (Å²) in [6, 6.07) is 0. The Kier molecular flexibility index (Phi) is 13.8. The smallest absolute Gasteiger partial charge is 0.329 e. The lowest BCUT2D eigenvalue weighted by atomic mass is 10.6. The second-order valence-corrected chi connectivity index (χ2v) is 4.33. The van der Waals surface area contributed by atoms with Gasteiger partial charge < -0.3 is 20.8 Å². The van der Waals surface area contributed by atoms with Gasteiger partial charge in [-0.3, -0.25) is 0 Å². The van der Waals surface area contributed by atoms with Crippen molar-refractivity contribution in [3.05, 3.63) is 0 Å². The molecule has 0 aliphatic rings. The second kappa shape index (κ2) is 12.0. The summed E-state index contributed by atoms with van der Waals surface area (Å²) in [4.78, 5) is 9.12. The molecule has 5 nitrogen and oxygen atoms in total. The van der Waals surface area contributed by atoms with Gasteiger partial charge >= 0.3 is 5.97 Å². The fourth-order valence-corrected chi connectivity index (χ4v) is 0.767. The number of thiol groups is 2. The molecule has 0 atom stereocenters. The van der Waals surface area contributed by atoms with E-state index in [9.17, 15) is 0 Å². The zero-order valence-corrected chi connectivity index (χ0v) is 11.1. The molecule has 0 aromatic rings. The summed E-state index contributed by atoms with van der Waals surface area (Å²) in [6.07, 6.45) is 0. The average Bonchev–Trinajstić information content (AvgIpc) is 2.13. The van der Waals surface area contributed by atoms with Gasteiger partial charge in [0.1, 0.15) is 15.2 Å². The van der Waals surface area contributed by atoms with Crippen molar-refractivity contribution in [1.29, 1.82) is 0 Å². The Morgan fingerprint density at radius 3 is 1.53 bits per heavy atom. The van der Waals surface area contributed by atoms with Gasteiger partial charge in [0.05, 0.1) is 0 Å². The summed E-state index contributed by atoms with van der Waals surface area (Å²) in [6.45, 7) is 0.645. The van der Waals surface area contributed by atoms with Crippen LogP contribution in [0.1, 0.15) is 0 Å². The lowest BCUT2D eigenvalue weighted by molar-refractivity contribution is -0.140. The van der Waals surface area contributed by atoms with Crippen molar-refractivity contribution < 1.29 is 15.0 Å². The van der Waals surface area contributed by atoms with Crippen LogP contribution in [0.2, 0.25) is 0 Å². The van der Waals surface area contributed by atoms with Crippen LogP contribution < -0.4 is 10.6 Å². The maximum Gasteiger partial charge on any atom is 0.329 e. The Bertz CT molecular complexity index is 208. The van der Waals surface area contributed by atoms with Gasteiger partial charge in [-0.05, 0) is 0 Å². The SMILES string of the molecule is O=C(O)CO.S=C(S)NCCNC(=S)S. The van der Waals surface area contributed by atoms with Gasteiger partial charge in [0.25, 0.3) is 0 Å². The van der Waals surface area contributed by atoms with E-state index in [4.69, 9.17) is 15.0 Å². The lowest BCUT2D eigenvalue weighted by Crippen LogP contribution is -2.29. The molecule has 0 spiro atoms. The summed E-state index contributed by atoms with van der Waals surface area (Å²) >= 11 is 17.0. The zero-order chi connectivity index (χ0) is 12.3. The molecular formula is C6H12N2O3S4. The van der Waals surface area contributed by atoms with Crippen LogP contribution in [0, 0.1) is 0 Å². The third-order valence-corrected chi connectivity index (χ3v) is 1.42. The molecule has 0 aliphatic heterocycles. The van der Waals surface area contributed by atoms with E-state index in [1.807, 2.05) is 0 Å². The highest BCUT2D eigenvalue weighted by Crippen LogP contribution is 1.77. The molecule has 15 heavy (non-hydrogen) atoms. The van der Waals surface area contributed by atoms with Crippen molar-refractivity contribution in [1.82, 2.24) is 10.6 Å². The number of aliphatic hydroxyl groups is 1. The van der Waals surface area contributed by atoms with Gasteiger partial charge in [-0.2, -0.15) is 0 Å². The van der Waals surface area contributed by atoms with Crippen molar-refractivity contribution in [2.24, 2.45) is 0 Å². The number of thiocarbonyl (C=S) groups is 2. The topological polar surface area (TPSA) is 81.6 Å². The Morgan fingerprint density at radius 2 is 1.40 bits per heavy atom. The molecule has 0 radical (unpaired) electrons. The van der Waals surface area contributed by atoms with E-state index in [2.05, 4.69) is 60.3 Å². The number of aliphatic hydroxyl groups excluding tert-OH is 1. The fourth-order valence-electron chi connectivity index (χ4n) is 0.339. The van der Waals surface area contributed by atoms with Gasteiger partial charge in [-0.1, -0.05) is 24.4 Å². The molecule has 0 rings (SSSR count). The third-order valence-electron chi connectivity index (χ3n) is 0.813. The molecule has 0 unspecified atom stereocenters. The van der Waals surface area contributed by atoms with Crippen molar-refractivity contribution in [3.63, 3.8) is 0 Å². The standard InChI is InChI=1S/C4H8N2S4.C2H4O3/c7-3(8)5-1-2-6-4(9)10;3-1-2(4)5/h1-2H2,(H2,5,7,8)(H2,6,9,10);3H,1H2,(H,4,5). The number of carboxylic acids is 1. The molecule has 0 aromatic heterocycles. The minimum absolute atomic E-state index is 0.492. The summed E-state index contributed by atoms with van der Waals surface area (Å²) in [5.41, 5.74) is 0. The summed E-state index contributed by atoms with van der Waals surface area (Å²) < 4.78 is 0.985. The average molecular weight is 288 g/mol. The molecule has 9 heteroatoms. The van der Waals surface area contributed by atoms with Crippen LogP contribution in [0.25, 0.3) is 0 Å². The van der Waals surface area contributed by atoms with Crippen LogP contribution in [0.3, 0.4) is 0 Å². The maximum absolute atomic E-state index is 9.12. The Labute approximate surface area is 109 Å². The molecule has 0 saturated carbocycles. The van der Waals surface area contributed by atoms with Crippen LogP contribution in [0.4, 0.5) is 0 Å². The number of rotatable bonds is 4. The van der Waals surface area contributed by atoms with E-state index in [0.717, 1.165) is 0 Å². The van der Waals surface area contributed by atoms with Crippen molar-refractivity contribution in [3.8, 4) is 0 Å². The minimum atomic E-state index is -1.19. The first kappa shape index (κ1) is 17.3. The number of nitrogens with one attached hydrogen (secondary N) is 2. The molecule has 0 heterocycles. The number of hydrogen-bond acceptors (Lipinski definition) is 4. The summed E-state index contributed by atoms with van der Waals surface area (Å²) in [7, 11) is 0. The number of carboxylic acid groups (broad SMARTS) is 1. The predicted molar refractivity (Wildman–Crippen MR) is 73.9 cm³/mol. The highest BCUT2D eigenvalue weighted by molar-refractivity contribution is 8.11. The monoisotopic (exact) mass is 288 g/mol. The van der Waals surface area contributed by atoms with Crippen LogP contribution in [0.15, 0.2) is 0 Å². The first-order valence-electron chi connectivity index (χ1n) is 3.66. The van der Waals surface area contributed by atoms with Crippen LogP contribution >= 0.6 is 49.7 Å². The van der Waals surface area contributed by atoms with E-state index in [1.54, 1.807) is 0 Å². The maximum atomic E-state index is 9.12. The van der Waals surface area contributed by atoms with E-state index >= 15 is 0 Å². The molecule has 0 aliphatic carbocycles. The van der Waals surface area contributed by atoms with Crippen molar-refractivity contribution in [2.75, 3.05) is 19.7 Å². The van der Waals surface area contributed by atoms with E-state index in [1.165, 1.54) is 0 Å². The molecule has 0 saturated heterocycles. The zero-order valence-electron chi connectivity index (χ0n) is 7.63. The molecule has 0 bridgehead atoms. The van der Waals surface area contributed by atoms with E-state index in [0.29, 0.717) is 21.7 Å².